The Labute approximate surface area is 135 Å². The van der Waals surface area contributed by atoms with Crippen LogP contribution < -0.4 is 0 Å². The lowest BCUT2D eigenvalue weighted by Crippen LogP contribution is -2.26. The number of hydrogen-bond donors (Lipinski definition) is 1. The number of likely N-dealkylation sites (tertiary alicyclic amines) is 1. The highest BCUT2D eigenvalue weighted by molar-refractivity contribution is 5.74. The molecule has 122 valence electrons. The molecule has 1 aliphatic rings. The predicted octanol–water partition coefficient (Wildman–Crippen LogP) is 2.58. The normalized spacial score (nSPS) is 17.7. The predicted molar refractivity (Wildman–Crippen MR) is 86.4 cm³/mol. The topological polar surface area (TPSA) is 75.5 Å². The zero-order valence-electron chi connectivity index (χ0n) is 13.0. The summed E-state index contributed by atoms with van der Waals surface area (Å²) in [5.41, 5.74) is 1.75. The molecule has 1 saturated heterocycles. The zero-order chi connectivity index (χ0) is 16.1. The highest BCUT2D eigenvalue weighted by Gasteiger charge is 2.25. The van der Waals surface area contributed by atoms with Crippen LogP contribution in [0.3, 0.4) is 0 Å². The van der Waals surface area contributed by atoms with Gasteiger partial charge in [0.2, 0.25) is 0 Å². The zero-order valence-corrected chi connectivity index (χ0v) is 13.0. The van der Waals surface area contributed by atoms with Crippen molar-refractivity contribution in [3.05, 3.63) is 36.2 Å². The molecule has 2 aromatic heterocycles. The number of carbonyl (C=O) groups is 1. The Balaban J connectivity index is 1.37. The van der Waals surface area contributed by atoms with Crippen molar-refractivity contribution in [2.75, 3.05) is 26.3 Å². The molecule has 0 spiro atoms. The number of amides is 1. The summed E-state index contributed by atoms with van der Waals surface area (Å²) >= 11 is 0. The van der Waals surface area contributed by atoms with E-state index >= 15 is 0 Å². The van der Waals surface area contributed by atoms with Crippen LogP contribution in [0.1, 0.15) is 18.5 Å². The van der Waals surface area contributed by atoms with E-state index in [2.05, 4.69) is 9.97 Å². The van der Waals surface area contributed by atoms with E-state index in [4.69, 9.17) is 9.84 Å². The molecule has 1 unspecified atom stereocenters. The minimum absolute atomic E-state index is 0.425. The van der Waals surface area contributed by atoms with Gasteiger partial charge in [0.15, 0.2) is 5.65 Å². The van der Waals surface area contributed by atoms with Gasteiger partial charge in [0, 0.05) is 43.4 Å². The molecule has 0 aliphatic carbocycles. The summed E-state index contributed by atoms with van der Waals surface area (Å²) in [7, 11) is 0. The third kappa shape index (κ3) is 4.16. The summed E-state index contributed by atoms with van der Waals surface area (Å²) in [5, 5.41) is 9.97. The fourth-order valence-corrected chi connectivity index (χ4v) is 2.90. The first-order chi connectivity index (χ1) is 11.2. The van der Waals surface area contributed by atoms with Crippen LogP contribution in [0.25, 0.3) is 11.0 Å². The van der Waals surface area contributed by atoms with Gasteiger partial charge in [0.05, 0.1) is 6.61 Å². The van der Waals surface area contributed by atoms with Gasteiger partial charge in [0.25, 0.3) is 0 Å². The van der Waals surface area contributed by atoms with Crippen LogP contribution in [0.4, 0.5) is 4.79 Å². The number of carboxylic acid groups (broad SMARTS) is 1. The van der Waals surface area contributed by atoms with Gasteiger partial charge < -0.3 is 14.7 Å². The second-order valence-electron chi connectivity index (χ2n) is 5.89. The molecule has 6 heteroatoms. The number of aromatic nitrogens is 2. The van der Waals surface area contributed by atoms with Gasteiger partial charge in [-0.3, -0.25) is 0 Å². The highest BCUT2D eigenvalue weighted by atomic mass is 16.5. The monoisotopic (exact) mass is 315 g/mol. The Kier molecular flexibility index (Phi) is 5.02. The Morgan fingerprint density at radius 3 is 3.09 bits per heavy atom. The fraction of sp³-hybridized carbons (Fsp3) is 0.471. The quantitative estimate of drug-likeness (QED) is 0.829. The number of fused-ring (bicyclic) bond motifs is 1. The largest absolute Gasteiger partial charge is 0.465 e. The molecule has 3 heterocycles. The van der Waals surface area contributed by atoms with Gasteiger partial charge in [-0.15, -0.1) is 0 Å². The van der Waals surface area contributed by atoms with Crippen molar-refractivity contribution >= 4 is 17.1 Å². The van der Waals surface area contributed by atoms with E-state index < -0.39 is 6.09 Å². The van der Waals surface area contributed by atoms with E-state index in [0.29, 0.717) is 32.2 Å². The molecule has 0 radical (unpaired) electrons. The molecular weight excluding hydrogens is 294 g/mol. The van der Waals surface area contributed by atoms with E-state index in [9.17, 15) is 4.79 Å². The highest BCUT2D eigenvalue weighted by Crippen LogP contribution is 2.19. The van der Waals surface area contributed by atoms with Crippen molar-refractivity contribution in [3.63, 3.8) is 0 Å². The summed E-state index contributed by atoms with van der Waals surface area (Å²) in [4.78, 5) is 21.1. The van der Waals surface area contributed by atoms with E-state index in [-0.39, 0.29) is 0 Å². The second kappa shape index (κ2) is 7.37. The molecule has 0 bridgehead atoms. The van der Waals surface area contributed by atoms with Crippen LogP contribution in [0, 0.1) is 5.92 Å². The molecule has 1 atom stereocenters. The molecule has 0 aromatic carbocycles. The first kappa shape index (κ1) is 15.7. The summed E-state index contributed by atoms with van der Waals surface area (Å²) in [6.07, 6.45) is 3.55. The maximum absolute atomic E-state index is 10.9. The number of pyridine rings is 2. The number of ether oxygens (including phenoxy) is 1. The van der Waals surface area contributed by atoms with Crippen molar-refractivity contribution in [3.8, 4) is 0 Å². The number of nitrogens with zero attached hydrogens (tertiary/aromatic N) is 3. The Bertz CT molecular complexity index is 677. The van der Waals surface area contributed by atoms with Gasteiger partial charge in [-0.05, 0) is 43.0 Å². The second-order valence-corrected chi connectivity index (χ2v) is 5.89. The minimum Gasteiger partial charge on any atom is -0.465 e. The SMILES string of the molecule is O=C(O)N1CCC(CCOCCc2ccc3cccnc3n2)C1. The lowest BCUT2D eigenvalue weighted by molar-refractivity contribution is 0.121. The summed E-state index contributed by atoms with van der Waals surface area (Å²) in [6, 6.07) is 7.94. The molecular formula is C17H21N3O3. The standard InChI is InChI=1S/C17H21N3O3/c21-17(22)20-9-5-13(12-20)6-10-23-11-7-15-4-3-14-2-1-8-18-16(14)19-15/h1-4,8,13H,5-7,9-12H2,(H,21,22). The molecule has 23 heavy (non-hydrogen) atoms. The molecule has 6 nitrogen and oxygen atoms in total. The van der Waals surface area contributed by atoms with Crippen molar-refractivity contribution in [1.29, 1.82) is 0 Å². The first-order valence-electron chi connectivity index (χ1n) is 7.98. The minimum atomic E-state index is -0.815. The maximum Gasteiger partial charge on any atom is 0.407 e. The van der Waals surface area contributed by atoms with Crippen LogP contribution >= 0.6 is 0 Å². The summed E-state index contributed by atoms with van der Waals surface area (Å²) < 4.78 is 5.68. The summed E-state index contributed by atoms with van der Waals surface area (Å²) in [5.74, 6) is 0.425. The van der Waals surface area contributed by atoms with Crippen LogP contribution in [0.15, 0.2) is 30.5 Å². The molecule has 1 N–H and O–H groups in total. The molecule has 2 aromatic rings. The van der Waals surface area contributed by atoms with Gasteiger partial charge in [-0.1, -0.05) is 0 Å². The van der Waals surface area contributed by atoms with Crippen LogP contribution in [0.5, 0.6) is 0 Å². The van der Waals surface area contributed by atoms with E-state index in [1.807, 2.05) is 24.3 Å². The van der Waals surface area contributed by atoms with E-state index in [0.717, 1.165) is 36.0 Å². The Morgan fingerprint density at radius 1 is 1.35 bits per heavy atom. The van der Waals surface area contributed by atoms with Gasteiger partial charge in [-0.2, -0.15) is 0 Å². The molecule has 1 aliphatic heterocycles. The first-order valence-corrected chi connectivity index (χ1v) is 7.98. The number of rotatable bonds is 6. The van der Waals surface area contributed by atoms with Crippen LogP contribution in [-0.2, 0) is 11.2 Å². The van der Waals surface area contributed by atoms with E-state index in [1.165, 1.54) is 4.90 Å². The Morgan fingerprint density at radius 2 is 2.26 bits per heavy atom. The van der Waals surface area contributed by atoms with Crippen LogP contribution in [0.2, 0.25) is 0 Å². The Hall–Kier alpha value is -2.21. The van der Waals surface area contributed by atoms with Crippen molar-refractivity contribution < 1.29 is 14.6 Å². The average molecular weight is 315 g/mol. The van der Waals surface area contributed by atoms with Gasteiger partial charge >= 0.3 is 6.09 Å². The third-order valence-electron chi connectivity index (χ3n) is 4.25. The van der Waals surface area contributed by atoms with Crippen molar-refractivity contribution in [2.24, 2.45) is 5.92 Å². The lowest BCUT2D eigenvalue weighted by atomic mass is 10.1. The smallest absolute Gasteiger partial charge is 0.407 e. The summed E-state index contributed by atoms with van der Waals surface area (Å²) in [6.45, 7) is 2.58. The molecule has 3 rings (SSSR count). The van der Waals surface area contributed by atoms with Crippen molar-refractivity contribution in [1.82, 2.24) is 14.9 Å². The van der Waals surface area contributed by atoms with Gasteiger partial charge in [0.1, 0.15) is 0 Å². The number of hydrogen-bond acceptors (Lipinski definition) is 4. The van der Waals surface area contributed by atoms with Crippen molar-refractivity contribution in [2.45, 2.75) is 19.3 Å². The molecule has 1 amide bonds. The third-order valence-corrected chi connectivity index (χ3v) is 4.25. The lowest BCUT2D eigenvalue weighted by Gasteiger charge is -2.12. The fourth-order valence-electron chi connectivity index (χ4n) is 2.90. The van der Waals surface area contributed by atoms with Gasteiger partial charge in [-0.25, -0.2) is 14.8 Å². The molecule has 0 saturated carbocycles. The molecule has 1 fully saturated rings. The van der Waals surface area contributed by atoms with Crippen LogP contribution in [-0.4, -0.2) is 52.4 Å². The van der Waals surface area contributed by atoms with E-state index in [1.54, 1.807) is 6.20 Å². The maximum atomic E-state index is 10.9. The average Bonchev–Trinajstić information content (AvgIpc) is 3.03.